The maximum Gasteiger partial charge on any atom is 0.179 e. The van der Waals surface area contributed by atoms with E-state index in [1.165, 1.54) is 6.07 Å². The average molecular weight is 276 g/mol. The number of sulfone groups is 1. The molecule has 1 aromatic carbocycles. The molecule has 5 heteroatoms. The molecule has 1 rings (SSSR count). The lowest BCUT2D eigenvalue weighted by Crippen LogP contribution is -2.32. The molecule has 0 spiro atoms. The highest BCUT2D eigenvalue weighted by molar-refractivity contribution is 7.91. The van der Waals surface area contributed by atoms with Gasteiger partial charge >= 0.3 is 0 Å². The fourth-order valence-corrected chi connectivity index (χ4v) is 3.58. The number of benzene rings is 1. The van der Waals surface area contributed by atoms with E-state index in [4.69, 9.17) is 11.6 Å². The summed E-state index contributed by atoms with van der Waals surface area (Å²) in [6.07, 6.45) is 1.80. The van der Waals surface area contributed by atoms with Crippen molar-refractivity contribution in [1.29, 1.82) is 0 Å². The fraction of sp³-hybridized carbons (Fsp3) is 0.500. The predicted molar refractivity (Wildman–Crippen MR) is 71.3 cm³/mol. The molecule has 17 heavy (non-hydrogen) atoms. The molecule has 96 valence electrons. The van der Waals surface area contributed by atoms with Gasteiger partial charge in [-0.3, -0.25) is 0 Å². The molecular formula is C12H18ClNO2S. The zero-order chi connectivity index (χ0) is 12.9. The lowest BCUT2D eigenvalue weighted by molar-refractivity contribution is 0.536. The van der Waals surface area contributed by atoms with Crippen molar-refractivity contribution in [2.24, 2.45) is 0 Å². The van der Waals surface area contributed by atoms with Gasteiger partial charge < -0.3 is 5.32 Å². The average Bonchev–Trinajstić information content (AvgIpc) is 2.28. The highest BCUT2D eigenvalue weighted by Crippen LogP contribution is 2.18. The van der Waals surface area contributed by atoms with Gasteiger partial charge in [-0.25, -0.2) is 8.42 Å². The Labute approximate surface area is 108 Å². The predicted octanol–water partition coefficient (Wildman–Crippen LogP) is 2.50. The number of hydrogen-bond acceptors (Lipinski definition) is 3. The van der Waals surface area contributed by atoms with Gasteiger partial charge in [-0.15, -0.1) is 0 Å². The van der Waals surface area contributed by atoms with Crippen LogP contribution in [0.5, 0.6) is 0 Å². The largest absolute Gasteiger partial charge is 0.316 e. The zero-order valence-electron chi connectivity index (χ0n) is 10.1. The molecule has 1 atom stereocenters. The van der Waals surface area contributed by atoms with Crippen molar-refractivity contribution in [1.82, 2.24) is 5.32 Å². The Morgan fingerprint density at radius 3 is 2.65 bits per heavy atom. The smallest absolute Gasteiger partial charge is 0.179 e. The number of hydrogen-bond donors (Lipinski definition) is 1. The van der Waals surface area contributed by atoms with Crippen LogP contribution in [0.4, 0.5) is 0 Å². The van der Waals surface area contributed by atoms with Gasteiger partial charge in [0.05, 0.1) is 10.6 Å². The maximum absolute atomic E-state index is 12.1. The molecule has 1 unspecified atom stereocenters. The van der Waals surface area contributed by atoms with E-state index in [1.54, 1.807) is 25.2 Å². The first-order valence-corrected chi connectivity index (χ1v) is 7.68. The zero-order valence-corrected chi connectivity index (χ0v) is 11.7. The fourth-order valence-electron chi connectivity index (χ4n) is 1.68. The van der Waals surface area contributed by atoms with Crippen LogP contribution in [0.3, 0.4) is 0 Å². The third-order valence-corrected chi connectivity index (χ3v) is 4.67. The summed E-state index contributed by atoms with van der Waals surface area (Å²) in [6, 6.07) is 6.39. The molecule has 3 nitrogen and oxygen atoms in total. The summed E-state index contributed by atoms with van der Waals surface area (Å²) in [5.41, 5.74) is 0. The second kappa shape index (κ2) is 6.38. The molecule has 1 N–H and O–H groups in total. The van der Waals surface area contributed by atoms with Gasteiger partial charge in [0.1, 0.15) is 0 Å². The van der Waals surface area contributed by atoms with Crippen LogP contribution in [-0.4, -0.2) is 27.3 Å². The summed E-state index contributed by atoms with van der Waals surface area (Å²) in [4.78, 5) is 0.293. The van der Waals surface area contributed by atoms with E-state index in [0.717, 1.165) is 12.8 Å². The summed E-state index contributed by atoms with van der Waals surface area (Å²) in [5, 5.41) is 3.48. The van der Waals surface area contributed by atoms with Gasteiger partial charge in [-0.1, -0.05) is 31.0 Å². The second-order valence-electron chi connectivity index (χ2n) is 4.01. The molecule has 0 aliphatic heterocycles. The van der Waals surface area contributed by atoms with E-state index in [2.05, 4.69) is 5.32 Å². The first kappa shape index (κ1) is 14.5. The maximum atomic E-state index is 12.1. The molecule has 0 saturated carbocycles. The number of rotatable bonds is 6. The van der Waals surface area contributed by atoms with Crippen LogP contribution in [-0.2, 0) is 9.84 Å². The molecule has 0 aliphatic rings. The summed E-state index contributed by atoms with van der Waals surface area (Å²) in [5.74, 6) is 0.109. The second-order valence-corrected chi connectivity index (χ2v) is 6.48. The van der Waals surface area contributed by atoms with Crippen LogP contribution in [0, 0.1) is 0 Å². The third kappa shape index (κ3) is 4.30. The monoisotopic (exact) mass is 275 g/mol. The van der Waals surface area contributed by atoms with Crippen molar-refractivity contribution < 1.29 is 8.42 Å². The summed E-state index contributed by atoms with van der Waals surface area (Å²) in [7, 11) is -1.48. The quantitative estimate of drug-likeness (QED) is 0.868. The molecular weight excluding hydrogens is 258 g/mol. The van der Waals surface area contributed by atoms with Crippen molar-refractivity contribution >= 4 is 21.4 Å². The minimum Gasteiger partial charge on any atom is -0.316 e. The minimum atomic E-state index is -3.26. The Balaban J connectivity index is 2.88. The van der Waals surface area contributed by atoms with E-state index in [1.807, 2.05) is 6.92 Å². The number of nitrogens with one attached hydrogen (secondary N) is 1. The topological polar surface area (TPSA) is 46.2 Å². The van der Waals surface area contributed by atoms with Crippen molar-refractivity contribution in [3.05, 3.63) is 29.3 Å². The Bertz CT molecular complexity index is 459. The Morgan fingerprint density at radius 2 is 2.12 bits per heavy atom. The number of halogens is 1. The van der Waals surface area contributed by atoms with Gasteiger partial charge in [0.2, 0.25) is 0 Å². The van der Waals surface area contributed by atoms with Gasteiger partial charge in [-0.2, -0.15) is 0 Å². The van der Waals surface area contributed by atoms with Crippen LogP contribution in [0.15, 0.2) is 29.2 Å². The molecule has 0 fully saturated rings. The Hall–Kier alpha value is -0.580. The SMILES string of the molecule is CCCC(CS(=O)(=O)c1cccc(Cl)c1)NC. The summed E-state index contributed by atoms with van der Waals surface area (Å²) in [6.45, 7) is 2.04. The van der Waals surface area contributed by atoms with Gasteiger partial charge in [0.25, 0.3) is 0 Å². The lowest BCUT2D eigenvalue weighted by Gasteiger charge is -2.15. The normalized spacial score (nSPS) is 13.6. The summed E-state index contributed by atoms with van der Waals surface area (Å²) < 4.78 is 24.3. The third-order valence-electron chi connectivity index (χ3n) is 2.62. The van der Waals surface area contributed by atoms with Crippen molar-refractivity contribution in [3.63, 3.8) is 0 Å². The summed E-state index contributed by atoms with van der Waals surface area (Å²) >= 11 is 5.80. The van der Waals surface area contributed by atoms with Gasteiger partial charge in [0, 0.05) is 11.1 Å². The van der Waals surface area contributed by atoms with E-state index in [9.17, 15) is 8.42 Å². The Kier molecular flexibility index (Phi) is 5.43. The molecule has 0 bridgehead atoms. The van der Waals surface area contributed by atoms with E-state index in [0.29, 0.717) is 9.92 Å². The minimum absolute atomic E-state index is 0.0102. The molecule has 0 amide bonds. The van der Waals surface area contributed by atoms with Gasteiger partial charge in [0.15, 0.2) is 9.84 Å². The molecule has 0 heterocycles. The standard InChI is InChI=1S/C12H18ClNO2S/c1-3-5-11(14-2)9-17(15,16)12-7-4-6-10(13)8-12/h4,6-8,11,14H,3,5,9H2,1-2H3. The molecule has 0 aliphatic carbocycles. The van der Waals surface area contributed by atoms with E-state index >= 15 is 0 Å². The molecule has 1 aromatic rings. The van der Waals surface area contributed by atoms with Crippen LogP contribution in [0.2, 0.25) is 5.02 Å². The van der Waals surface area contributed by atoms with Gasteiger partial charge in [-0.05, 0) is 31.7 Å². The van der Waals surface area contributed by atoms with Crippen LogP contribution in [0.25, 0.3) is 0 Å². The van der Waals surface area contributed by atoms with E-state index in [-0.39, 0.29) is 11.8 Å². The molecule has 0 aromatic heterocycles. The van der Waals surface area contributed by atoms with Crippen molar-refractivity contribution in [3.8, 4) is 0 Å². The highest BCUT2D eigenvalue weighted by atomic mass is 35.5. The lowest BCUT2D eigenvalue weighted by atomic mass is 10.2. The van der Waals surface area contributed by atoms with Crippen LogP contribution in [0.1, 0.15) is 19.8 Å². The van der Waals surface area contributed by atoms with E-state index < -0.39 is 9.84 Å². The molecule has 0 saturated heterocycles. The molecule has 0 radical (unpaired) electrons. The first-order valence-electron chi connectivity index (χ1n) is 5.65. The van der Waals surface area contributed by atoms with Crippen LogP contribution < -0.4 is 5.32 Å². The van der Waals surface area contributed by atoms with Crippen LogP contribution >= 0.6 is 11.6 Å². The van der Waals surface area contributed by atoms with Crippen molar-refractivity contribution in [2.75, 3.05) is 12.8 Å². The highest BCUT2D eigenvalue weighted by Gasteiger charge is 2.19. The van der Waals surface area contributed by atoms with Crippen molar-refractivity contribution in [2.45, 2.75) is 30.7 Å². The Morgan fingerprint density at radius 1 is 1.41 bits per heavy atom. The first-order chi connectivity index (χ1) is 7.99.